The first-order valence-corrected chi connectivity index (χ1v) is 9.39. The van der Waals surface area contributed by atoms with Gasteiger partial charge in [0.25, 0.3) is 0 Å². The van der Waals surface area contributed by atoms with Gasteiger partial charge in [-0.05, 0) is 11.1 Å². The van der Waals surface area contributed by atoms with E-state index in [1.54, 1.807) is 14.2 Å². The zero-order valence-corrected chi connectivity index (χ0v) is 16.3. The zero-order chi connectivity index (χ0) is 19.8. The molecule has 1 saturated heterocycles. The van der Waals surface area contributed by atoms with Crippen molar-refractivity contribution in [1.82, 2.24) is 0 Å². The fraction of sp³-hybridized carbons (Fsp3) is 0.455. The second-order valence-corrected chi connectivity index (χ2v) is 6.74. The van der Waals surface area contributed by atoms with Gasteiger partial charge in [0, 0.05) is 14.2 Å². The minimum Gasteiger partial charge on any atom is -0.382 e. The third kappa shape index (κ3) is 5.38. The summed E-state index contributed by atoms with van der Waals surface area (Å²) in [5, 5.41) is 10.5. The average Bonchev–Trinajstić information content (AvgIpc) is 2.73. The Kier molecular flexibility index (Phi) is 7.97. The van der Waals surface area contributed by atoms with Gasteiger partial charge in [0.15, 0.2) is 6.29 Å². The predicted molar refractivity (Wildman–Crippen MR) is 104 cm³/mol. The van der Waals surface area contributed by atoms with E-state index in [4.69, 9.17) is 23.7 Å². The van der Waals surface area contributed by atoms with Crippen LogP contribution < -0.4 is 0 Å². The largest absolute Gasteiger partial charge is 0.382 e. The van der Waals surface area contributed by atoms with Crippen molar-refractivity contribution in [3.63, 3.8) is 0 Å². The maximum Gasteiger partial charge on any atom is 0.184 e. The highest BCUT2D eigenvalue weighted by Crippen LogP contribution is 2.28. The third-order valence-corrected chi connectivity index (χ3v) is 4.78. The fourth-order valence-corrected chi connectivity index (χ4v) is 3.37. The normalized spacial score (nSPS) is 27.6. The Morgan fingerprint density at radius 3 is 1.82 bits per heavy atom. The highest BCUT2D eigenvalue weighted by molar-refractivity contribution is 5.14. The molecule has 152 valence electrons. The Labute approximate surface area is 165 Å². The number of ether oxygens (including phenoxy) is 5. The van der Waals surface area contributed by atoms with Crippen LogP contribution in [0.2, 0.25) is 0 Å². The fourth-order valence-electron chi connectivity index (χ4n) is 3.37. The summed E-state index contributed by atoms with van der Waals surface area (Å²) >= 11 is 0. The van der Waals surface area contributed by atoms with Crippen molar-refractivity contribution in [1.29, 1.82) is 0 Å². The van der Waals surface area contributed by atoms with Gasteiger partial charge in [-0.2, -0.15) is 0 Å². The Morgan fingerprint density at radius 2 is 1.32 bits per heavy atom. The Hall–Kier alpha value is -1.80. The monoisotopic (exact) mass is 388 g/mol. The molecule has 0 radical (unpaired) electrons. The molecule has 0 unspecified atom stereocenters. The topological polar surface area (TPSA) is 66.4 Å². The molecule has 1 N–H and O–H groups in total. The van der Waals surface area contributed by atoms with E-state index in [1.807, 2.05) is 60.7 Å². The molecule has 2 aromatic rings. The SMILES string of the molecule is COC[C@H]1O[C@H](O)[C@H](OCc2ccccc2)[C@@H](OC)[C@H]1OCc1ccccc1. The minimum atomic E-state index is -1.13. The molecular formula is C22H28O6. The molecule has 1 aliphatic heterocycles. The zero-order valence-electron chi connectivity index (χ0n) is 16.3. The molecule has 1 heterocycles. The molecule has 6 nitrogen and oxygen atoms in total. The van der Waals surface area contributed by atoms with Crippen LogP contribution in [0.3, 0.4) is 0 Å². The molecule has 0 aliphatic carbocycles. The van der Waals surface area contributed by atoms with Gasteiger partial charge in [0.2, 0.25) is 0 Å². The average molecular weight is 388 g/mol. The number of methoxy groups -OCH3 is 2. The predicted octanol–water partition coefficient (Wildman–Crippen LogP) is 2.54. The summed E-state index contributed by atoms with van der Waals surface area (Å²) < 4.78 is 28.8. The second kappa shape index (κ2) is 10.7. The number of aliphatic hydroxyl groups excluding tert-OH is 1. The quantitative estimate of drug-likeness (QED) is 0.712. The highest BCUT2D eigenvalue weighted by atomic mass is 16.7. The lowest BCUT2D eigenvalue weighted by Crippen LogP contribution is -2.60. The van der Waals surface area contributed by atoms with E-state index in [-0.39, 0.29) is 6.61 Å². The van der Waals surface area contributed by atoms with E-state index in [2.05, 4.69) is 0 Å². The smallest absolute Gasteiger partial charge is 0.184 e. The van der Waals surface area contributed by atoms with Gasteiger partial charge in [-0.25, -0.2) is 0 Å². The van der Waals surface area contributed by atoms with Crippen LogP contribution in [-0.2, 0) is 36.9 Å². The van der Waals surface area contributed by atoms with E-state index in [9.17, 15) is 5.11 Å². The molecule has 3 rings (SSSR count). The summed E-state index contributed by atoms with van der Waals surface area (Å²) in [6, 6.07) is 19.7. The van der Waals surface area contributed by atoms with Crippen LogP contribution in [0.4, 0.5) is 0 Å². The van der Waals surface area contributed by atoms with Crippen molar-refractivity contribution in [3.8, 4) is 0 Å². The molecule has 0 bridgehead atoms. The van der Waals surface area contributed by atoms with Crippen molar-refractivity contribution < 1.29 is 28.8 Å². The van der Waals surface area contributed by atoms with Gasteiger partial charge < -0.3 is 28.8 Å². The Balaban J connectivity index is 1.71. The van der Waals surface area contributed by atoms with Crippen molar-refractivity contribution in [2.75, 3.05) is 20.8 Å². The number of rotatable bonds is 9. The van der Waals surface area contributed by atoms with Crippen LogP contribution >= 0.6 is 0 Å². The third-order valence-electron chi connectivity index (χ3n) is 4.78. The second-order valence-electron chi connectivity index (χ2n) is 6.74. The maximum absolute atomic E-state index is 10.5. The van der Waals surface area contributed by atoms with Gasteiger partial charge in [-0.3, -0.25) is 0 Å². The van der Waals surface area contributed by atoms with Crippen molar-refractivity contribution in [3.05, 3.63) is 71.8 Å². The first kappa shape index (κ1) is 20.9. The maximum atomic E-state index is 10.5. The first-order chi connectivity index (χ1) is 13.7. The van der Waals surface area contributed by atoms with Crippen LogP contribution in [0.15, 0.2) is 60.7 Å². The van der Waals surface area contributed by atoms with Gasteiger partial charge >= 0.3 is 0 Å². The van der Waals surface area contributed by atoms with Crippen molar-refractivity contribution in [2.24, 2.45) is 0 Å². The van der Waals surface area contributed by atoms with Crippen LogP contribution in [0, 0.1) is 0 Å². The number of benzene rings is 2. The van der Waals surface area contributed by atoms with E-state index in [0.717, 1.165) is 11.1 Å². The summed E-state index contributed by atoms with van der Waals surface area (Å²) in [5.74, 6) is 0. The molecular weight excluding hydrogens is 360 g/mol. The van der Waals surface area contributed by atoms with Gasteiger partial charge in [-0.1, -0.05) is 60.7 Å². The molecule has 2 aromatic carbocycles. The number of hydrogen-bond acceptors (Lipinski definition) is 6. The van der Waals surface area contributed by atoms with Gasteiger partial charge in [-0.15, -0.1) is 0 Å². The molecule has 28 heavy (non-hydrogen) atoms. The summed E-state index contributed by atoms with van der Waals surface area (Å²) in [6.45, 7) is 1.02. The van der Waals surface area contributed by atoms with E-state index in [1.165, 1.54) is 0 Å². The Bertz CT molecular complexity index is 680. The van der Waals surface area contributed by atoms with Gasteiger partial charge in [0.1, 0.15) is 24.4 Å². The van der Waals surface area contributed by atoms with Crippen LogP contribution in [-0.4, -0.2) is 56.6 Å². The van der Waals surface area contributed by atoms with Crippen molar-refractivity contribution >= 4 is 0 Å². The number of aliphatic hydroxyl groups is 1. The lowest BCUT2D eigenvalue weighted by Gasteiger charge is -2.43. The van der Waals surface area contributed by atoms with E-state index in [0.29, 0.717) is 13.2 Å². The summed E-state index contributed by atoms with van der Waals surface area (Å²) in [5.41, 5.74) is 2.05. The van der Waals surface area contributed by atoms with Crippen molar-refractivity contribution in [2.45, 2.75) is 43.9 Å². The van der Waals surface area contributed by atoms with E-state index >= 15 is 0 Å². The summed E-state index contributed by atoms with van der Waals surface area (Å²) in [4.78, 5) is 0. The lowest BCUT2D eigenvalue weighted by molar-refractivity contribution is -0.311. The molecule has 0 amide bonds. The molecule has 1 aliphatic rings. The number of hydrogen-bond donors (Lipinski definition) is 1. The molecule has 5 atom stereocenters. The summed E-state index contributed by atoms with van der Waals surface area (Å²) in [6.07, 6.45) is -3.24. The highest BCUT2D eigenvalue weighted by Gasteiger charge is 2.47. The minimum absolute atomic E-state index is 0.280. The van der Waals surface area contributed by atoms with Gasteiger partial charge in [0.05, 0.1) is 19.8 Å². The Morgan fingerprint density at radius 1 is 0.786 bits per heavy atom. The lowest BCUT2D eigenvalue weighted by atomic mass is 9.98. The molecule has 0 saturated carbocycles. The van der Waals surface area contributed by atoms with Crippen LogP contribution in [0.25, 0.3) is 0 Å². The molecule has 1 fully saturated rings. The standard InChI is InChI=1S/C22H28O6/c1-24-15-18-19(26-13-16-9-5-3-6-10-16)20(25-2)21(22(23)28-18)27-14-17-11-7-4-8-12-17/h3-12,18-23H,13-15H2,1-2H3/t18-,19+,20+,21-,22+/m1/s1. The van der Waals surface area contributed by atoms with Crippen LogP contribution in [0.5, 0.6) is 0 Å². The summed E-state index contributed by atoms with van der Waals surface area (Å²) in [7, 11) is 3.17. The molecule has 6 heteroatoms. The molecule has 0 spiro atoms. The van der Waals surface area contributed by atoms with Crippen LogP contribution in [0.1, 0.15) is 11.1 Å². The molecule has 0 aromatic heterocycles. The first-order valence-electron chi connectivity index (χ1n) is 9.39. The van der Waals surface area contributed by atoms with E-state index < -0.39 is 30.7 Å².